The van der Waals surface area contributed by atoms with Crippen molar-refractivity contribution in [2.45, 2.75) is 26.8 Å². The second-order valence-corrected chi connectivity index (χ2v) is 8.21. The topological polar surface area (TPSA) is 58.6 Å². The molecule has 3 aromatic rings. The molecule has 0 atom stereocenters. The fraction of sp³-hybridized carbons (Fsp3) is 0.259. The van der Waals surface area contributed by atoms with E-state index in [0.29, 0.717) is 41.6 Å². The molecule has 1 N–H and O–H groups in total. The Morgan fingerprint density at radius 1 is 0.938 bits per heavy atom. The molecule has 2 amide bonds. The SMILES string of the molecule is CC(C)CCOc1ccccc1C(=O)Nc1cccc(C(=O)N(C)Cc2ccccc2)c1. The van der Waals surface area contributed by atoms with Crippen molar-refractivity contribution < 1.29 is 14.3 Å². The fourth-order valence-corrected chi connectivity index (χ4v) is 3.26. The highest BCUT2D eigenvalue weighted by atomic mass is 16.5. The molecule has 5 heteroatoms. The highest BCUT2D eigenvalue weighted by molar-refractivity contribution is 6.06. The first-order valence-electron chi connectivity index (χ1n) is 10.9. The molecule has 3 aromatic carbocycles. The third-order valence-electron chi connectivity index (χ3n) is 5.06. The molecule has 0 aliphatic rings. The van der Waals surface area contributed by atoms with Crippen LogP contribution in [0.3, 0.4) is 0 Å². The molecule has 0 aliphatic heterocycles. The van der Waals surface area contributed by atoms with Crippen molar-refractivity contribution in [2.24, 2.45) is 5.92 Å². The quantitative estimate of drug-likeness (QED) is 0.478. The summed E-state index contributed by atoms with van der Waals surface area (Å²) < 4.78 is 5.84. The zero-order valence-corrected chi connectivity index (χ0v) is 18.9. The van der Waals surface area contributed by atoms with Crippen LogP contribution in [0.4, 0.5) is 5.69 Å². The van der Waals surface area contributed by atoms with E-state index in [-0.39, 0.29) is 11.8 Å². The molecule has 0 spiro atoms. The molecule has 0 saturated heterocycles. The molecular formula is C27H30N2O3. The van der Waals surface area contributed by atoms with Gasteiger partial charge in [0, 0.05) is 24.8 Å². The number of nitrogens with zero attached hydrogens (tertiary/aromatic N) is 1. The van der Waals surface area contributed by atoms with Crippen LogP contribution < -0.4 is 10.1 Å². The molecule has 0 aromatic heterocycles. The number of nitrogens with one attached hydrogen (secondary N) is 1. The Hall–Kier alpha value is -3.60. The maximum Gasteiger partial charge on any atom is 0.259 e. The van der Waals surface area contributed by atoms with Crippen LogP contribution in [0, 0.1) is 5.92 Å². The molecule has 32 heavy (non-hydrogen) atoms. The number of rotatable bonds is 9. The van der Waals surface area contributed by atoms with Gasteiger partial charge in [-0.25, -0.2) is 0 Å². The van der Waals surface area contributed by atoms with Crippen molar-refractivity contribution in [3.8, 4) is 5.75 Å². The molecule has 0 heterocycles. The van der Waals surface area contributed by atoms with Crippen molar-refractivity contribution in [3.05, 3.63) is 95.6 Å². The molecule has 3 rings (SSSR count). The summed E-state index contributed by atoms with van der Waals surface area (Å²) in [5, 5.41) is 2.89. The number of hydrogen-bond acceptors (Lipinski definition) is 3. The van der Waals surface area contributed by atoms with E-state index in [2.05, 4.69) is 19.2 Å². The van der Waals surface area contributed by atoms with Gasteiger partial charge in [-0.3, -0.25) is 9.59 Å². The molecule has 0 bridgehead atoms. The first-order chi connectivity index (χ1) is 15.4. The fourth-order valence-electron chi connectivity index (χ4n) is 3.26. The van der Waals surface area contributed by atoms with Gasteiger partial charge in [-0.2, -0.15) is 0 Å². The Morgan fingerprint density at radius 2 is 1.66 bits per heavy atom. The number of ether oxygens (including phenoxy) is 1. The van der Waals surface area contributed by atoms with Crippen molar-refractivity contribution in [3.63, 3.8) is 0 Å². The lowest BCUT2D eigenvalue weighted by atomic mass is 10.1. The van der Waals surface area contributed by atoms with E-state index in [4.69, 9.17) is 4.74 Å². The predicted octanol–water partition coefficient (Wildman–Crippen LogP) is 5.64. The lowest BCUT2D eigenvalue weighted by Crippen LogP contribution is -2.26. The van der Waals surface area contributed by atoms with E-state index in [1.54, 1.807) is 48.3 Å². The smallest absolute Gasteiger partial charge is 0.259 e. The van der Waals surface area contributed by atoms with Gasteiger partial charge < -0.3 is 15.0 Å². The number of para-hydroxylation sites is 1. The van der Waals surface area contributed by atoms with Crippen LogP contribution >= 0.6 is 0 Å². The van der Waals surface area contributed by atoms with Gasteiger partial charge in [0.25, 0.3) is 11.8 Å². The average molecular weight is 431 g/mol. The Labute approximate surface area is 190 Å². The van der Waals surface area contributed by atoms with Gasteiger partial charge in [0.15, 0.2) is 0 Å². The zero-order chi connectivity index (χ0) is 22.9. The third kappa shape index (κ3) is 6.45. The lowest BCUT2D eigenvalue weighted by Gasteiger charge is -2.18. The maximum atomic E-state index is 12.9. The second kappa shape index (κ2) is 11.1. The molecular weight excluding hydrogens is 400 g/mol. The van der Waals surface area contributed by atoms with E-state index < -0.39 is 0 Å². The Bertz CT molecular complexity index is 1050. The van der Waals surface area contributed by atoms with E-state index in [1.165, 1.54) is 0 Å². The first kappa shape index (κ1) is 23.1. The highest BCUT2D eigenvalue weighted by Gasteiger charge is 2.15. The second-order valence-electron chi connectivity index (χ2n) is 8.21. The molecule has 0 radical (unpaired) electrons. The predicted molar refractivity (Wildman–Crippen MR) is 128 cm³/mol. The Morgan fingerprint density at radius 3 is 2.41 bits per heavy atom. The molecule has 0 fully saturated rings. The summed E-state index contributed by atoms with van der Waals surface area (Å²) >= 11 is 0. The van der Waals surface area contributed by atoms with E-state index in [0.717, 1.165) is 12.0 Å². The summed E-state index contributed by atoms with van der Waals surface area (Å²) in [6, 6.07) is 24.0. The van der Waals surface area contributed by atoms with Gasteiger partial charge in [0.05, 0.1) is 12.2 Å². The first-order valence-corrected chi connectivity index (χ1v) is 10.9. The van der Waals surface area contributed by atoms with Crippen LogP contribution in [0.1, 0.15) is 46.5 Å². The summed E-state index contributed by atoms with van der Waals surface area (Å²) in [6.07, 6.45) is 0.913. The van der Waals surface area contributed by atoms with Crippen LogP contribution in [0.25, 0.3) is 0 Å². The molecule has 5 nitrogen and oxygen atoms in total. The summed E-state index contributed by atoms with van der Waals surface area (Å²) in [5.74, 6) is 0.700. The normalized spacial score (nSPS) is 10.6. The highest BCUT2D eigenvalue weighted by Crippen LogP contribution is 2.21. The van der Waals surface area contributed by atoms with Crippen molar-refractivity contribution >= 4 is 17.5 Å². The lowest BCUT2D eigenvalue weighted by molar-refractivity contribution is 0.0784. The minimum atomic E-state index is -0.271. The van der Waals surface area contributed by atoms with Gasteiger partial charge in [-0.05, 0) is 48.2 Å². The number of carbonyl (C=O) groups excluding carboxylic acids is 2. The molecule has 0 aliphatic carbocycles. The summed E-state index contributed by atoms with van der Waals surface area (Å²) in [6.45, 7) is 5.33. The van der Waals surface area contributed by atoms with E-state index in [9.17, 15) is 9.59 Å². The molecule has 166 valence electrons. The van der Waals surface area contributed by atoms with Crippen molar-refractivity contribution in [1.82, 2.24) is 4.90 Å². The number of hydrogen-bond donors (Lipinski definition) is 1. The zero-order valence-electron chi connectivity index (χ0n) is 18.9. The largest absolute Gasteiger partial charge is 0.493 e. The summed E-state index contributed by atoms with van der Waals surface area (Å²) in [4.78, 5) is 27.4. The minimum absolute atomic E-state index is 0.109. The summed E-state index contributed by atoms with van der Waals surface area (Å²) in [5.41, 5.74) is 2.60. The molecule has 0 saturated carbocycles. The Kier molecular flexibility index (Phi) is 8.03. The minimum Gasteiger partial charge on any atom is -0.493 e. The van der Waals surface area contributed by atoms with E-state index in [1.807, 2.05) is 42.5 Å². The van der Waals surface area contributed by atoms with Crippen LogP contribution in [0.5, 0.6) is 5.75 Å². The number of amides is 2. The van der Waals surface area contributed by atoms with Crippen LogP contribution in [-0.4, -0.2) is 30.4 Å². The maximum absolute atomic E-state index is 12.9. The number of carbonyl (C=O) groups is 2. The van der Waals surface area contributed by atoms with Crippen molar-refractivity contribution in [1.29, 1.82) is 0 Å². The average Bonchev–Trinajstić information content (AvgIpc) is 2.79. The van der Waals surface area contributed by atoms with E-state index >= 15 is 0 Å². The standard InChI is InChI=1S/C27H30N2O3/c1-20(2)16-17-32-25-15-8-7-14-24(25)26(30)28-23-13-9-12-22(18-23)27(31)29(3)19-21-10-5-4-6-11-21/h4-15,18,20H,16-17,19H2,1-3H3,(H,28,30). The van der Waals surface area contributed by atoms with Crippen LogP contribution in [0.15, 0.2) is 78.9 Å². The van der Waals surface area contributed by atoms with Gasteiger partial charge in [0.1, 0.15) is 5.75 Å². The van der Waals surface area contributed by atoms with Gasteiger partial charge in [0.2, 0.25) is 0 Å². The molecule has 0 unspecified atom stereocenters. The van der Waals surface area contributed by atoms with Crippen molar-refractivity contribution in [2.75, 3.05) is 19.0 Å². The van der Waals surface area contributed by atoms with Gasteiger partial charge >= 0.3 is 0 Å². The number of benzene rings is 3. The monoisotopic (exact) mass is 430 g/mol. The van der Waals surface area contributed by atoms with Gasteiger partial charge in [-0.15, -0.1) is 0 Å². The third-order valence-corrected chi connectivity index (χ3v) is 5.06. The van der Waals surface area contributed by atoms with Crippen LogP contribution in [-0.2, 0) is 6.54 Å². The number of anilines is 1. The van der Waals surface area contributed by atoms with Gasteiger partial charge in [-0.1, -0.05) is 62.4 Å². The Balaban J connectivity index is 1.68. The van der Waals surface area contributed by atoms with Crippen LogP contribution in [0.2, 0.25) is 0 Å². The summed E-state index contributed by atoms with van der Waals surface area (Å²) in [7, 11) is 1.77.